The van der Waals surface area contributed by atoms with Crippen molar-refractivity contribution < 1.29 is 4.79 Å². The predicted molar refractivity (Wildman–Crippen MR) is 94.4 cm³/mol. The molecule has 2 aromatic rings. The van der Waals surface area contributed by atoms with E-state index in [1.807, 2.05) is 0 Å². The van der Waals surface area contributed by atoms with Crippen molar-refractivity contribution in [3.8, 4) is 0 Å². The Hall–Kier alpha value is -2.38. The zero-order chi connectivity index (χ0) is 17.4. The van der Waals surface area contributed by atoms with E-state index in [1.165, 1.54) is 0 Å². The van der Waals surface area contributed by atoms with Crippen LogP contribution >= 0.6 is 23.2 Å². The maximum absolute atomic E-state index is 12.7. The third-order valence-electron chi connectivity index (χ3n) is 4.22. The van der Waals surface area contributed by atoms with Gasteiger partial charge in [-0.15, -0.1) is 0 Å². The molecule has 7 nitrogen and oxygen atoms in total. The van der Waals surface area contributed by atoms with Crippen molar-refractivity contribution in [1.29, 1.82) is 0 Å². The van der Waals surface area contributed by atoms with Gasteiger partial charge in [0.25, 0.3) is 5.91 Å². The Morgan fingerprint density at radius 1 is 1.20 bits per heavy atom. The van der Waals surface area contributed by atoms with Crippen LogP contribution in [0.4, 0.5) is 0 Å². The molecule has 1 atom stereocenters. The van der Waals surface area contributed by atoms with E-state index in [4.69, 9.17) is 23.2 Å². The number of amides is 1. The molecule has 2 aliphatic rings. The number of nitrogens with one attached hydrogen (secondary N) is 1. The Morgan fingerprint density at radius 3 is 2.84 bits per heavy atom. The predicted octanol–water partition coefficient (Wildman–Crippen LogP) is 2.16. The van der Waals surface area contributed by atoms with Crippen LogP contribution in [0, 0.1) is 0 Å². The standard InChI is InChI=1S/C16H14Cl2N6O/c17-11-2-1-10(7-12(11)18)16(25)23-5-6-24-14(9-23)21-22-15(24)13-8-19-3-4-20-13/h1-4,7-8,15,22H,5-6,9H2. The molecule has 2 aliphatic heterocycles. The molecule has 0 aliphatic carbocycles. The van der Waals surface area contributed by atoms with Gasteiger partial charge in [-0.3, -0.25) is 20.2 Å². The molecule has 3 heterocycles. The van der Waals surface area contributed by atoms with Gasteiger partial charge in [-0.25, -0.2) is 0 Å². The first-order valence-electron chi connectivity index (χ1n) is 7.72. The van der Waals surface area contributed by atoms with Gasteiger partial charge in [0.1, 0.15) is 11.5 Å². The first kappa shape index (κ1) is 16.1. The second-order valence-electron chi connectivity index (χ2n) is 5.74. The summed E-state index contributed by atoms with van der Waals surface area (Å²) < 4.78 is 0. The van der Waals surface area contributed by atoms with E-state index in [0.29, 0.717) is 35.2 Å². The number of benzene rings is 1. The smallest absolute Gasteiger partial charge is 0.254 e. The zero-order valence-electron chi connectivity index (χ0n) is 13.1. The van der Waals surface area contributed by atoms with Crippen LogP contribution in [0.3, 0.4) is 0 Å². The summed E-state index contributed by atoms with van der Waals surface area (Å²) in [5.41, 5.74) is 4.38. The number of carbonyl (C=O) groups excluding carboxylic acids is 1. The quantitative estimate of drug-likeness (QED) is 0.868. The minimum atomic E-state index is -0.147. The normalized spacial score (nSPS) is 19.3. The number of rotatable bonds is 2. The Balaban J connectivity index is 1.49. The van der Waals surface area contributed by atoms with Crippen LogP contribution in [0.2, 0.25) is 10.0 Å². The fourth-order valence-corrected chi connectivity index (χ4v) is 3.24. The number of hydrogen-bond donors (Lipinski definition) is 1. The second-order valence-corrected chi connectivity index (χ2v) is 6.55. The van der Waals surface area contributed by atoms with E-state index in [9.17, 15) is 4.79 Å². The molecule has 25 heavy (non-hydrogen) atoms. The summed E-state index contributed by atoms with van der Waals surface area (Å²) in [4.78, 5) is 25.0. The Labute approximate surface area is 154 Å². The Kier molecular flexibility index (Phi) is 4.19. The van der Waals surface area contributed by atoms with Crippen molar-refractivity contribution in [1.82, 2.24) is 25.2 Å². The van der Waals surface area contributed by atoms with Gasteiger partial charge in [0.05, 0.1) is 22.8 Å². The number of halogens is 2. The third-order valence-corrected chi connectivity index (χ3v) is 4.96. The van der Waals surface area contributed by atoms with E-state index in [2.05, 4.69) is 25.4 Å². The van der Waals surface area contributed by atoms with Crippen LogP contribution in [0.25, 0.3) is 0 Å². The van der Waals surface area contributed by atoms with Crippen LogP contribution < -0.4 is 5.43 Å². The molecule has 1 amide bonds. The van der Waals surface area contributed by atoms with Crippen molar-refractivity contribution in [2.24, 2.45) is 5.10 Å². The van der Waals surface area contributed by atoms with Gasteiger partial charge in [0, 0.05) is 31.0 Å². The lowest BCUT2D eigenvalue weighted by Crippen LogP contribution is -2.51. The third kappa shape index (κ3) is 3.01. The lowest BCUT2D eigenvalue weighted by Gasteiger charge is -2.36. The number of amidine groups is 1. The summed E-state index contributed by atoms with van der Waals surface area (Å²) in [6, 6.07) is 4.90. The Morgan fingerprint density at radius 2 is 2.08 bits per heavy atom. The lowest BCUT2D eigenvalue weighted by molar-refractivity contribution is 0.0735. The van der Waals surface area contributed by atoms with Crippen LogP contribution in [-0.2, 0) is 0 Å². The summed E-state index contributed by atoms with van der Waals surface area (Å²) in [6.07, 6.45) is 4.85. The van der Waals surface area contributed by atoms with Crippen LogP contribution in [0.5, 0.6) is 0 Å². The topological polar surface area (TPSA) is 73.7 Å². The van der Waals surface area contributed by atoms with Crippen molar-refractivity contribution in [2.45, 2.75) is 6.17 Å². The number of fused-ring (bicyclic) bond motifs is 1. The van der Waals surface area contributed by atoms with Gasteiger partial charge in [-0.05, 0) is 18.2 Å². The first-order chi connectivity index (χ1) is 12.1. The molecule has 1 aromatic heterocycles. The van der Waals surface area contributed by atoms with Gasteiger partial charge in [0.15, 0.2) is 6.17 Å². The molecule has 128 valence electrons. The first-order valence-corrected chi connectivity index (χ1v) is 8.48. The molecule has 1 aromatic carbocycles. The molecule has 0 spiro atoms. The highest BCUT2D eigenvalue weighted by Crippen LogP contribution is 2.26. The van der Waals surface area contributed by atoms with Crippen LogP contribution in [0.1, 0.15) is 22.2 Å². The van der Waals surface area contributed by atoms with Gasteiger partial charge < -0.3 is 9.80 Å². The fraction of sp³-hybridized carbons (Fsp3) is 0.250. The van der Waals surface area contributed by atoms with E-state index in [-0.39, 0.29) is 12.1 Å². The summed E-state index contributed by atoms with van der Waals surface area (Å²) in [5.74, 6) is 0.708. The monoisotopic (exact) mass is 376 g/mol. The fourth-order valence-electron chi connectivity index (χ4n) is 2.94. The number of piperazine rings is 1. The van der Waals surface area contributed by atoms with Gasteiger partial charge >= 0.3 is 0 Å². The maximum atomic E-state index is 12.7. The number of nitrogens with zero attached hydrogens (tertiary/aromatic N) is 5. The summed E-state index contributed by atoms with van der Waals surface area (Å²) in [5, 5.41) is 5.16. The highest BCUT2D eigenvalue weighted by Gasteiger charge is 2.35. The molecule has 1 saturated heterocycles. The van der Waals surface area contributed by atoms with Crippen molar-refractivity contribution >= 4 is 34.9 Å². The molecule has 1 unspecified atom stereocenters. The molecule has 4 rings (SSSR count). The second kappa shape index (κ2) is 6.50. The number of hydrazone groups is 1. The molecular weight excluding hydrogens is 363 g/mol. The van der Waals surface area contributed by atoms with Gasteiger partial charge in [0.2, 0.25) is 0 Å². The number of aromatic nitrogens is 2. The van der Waals surface area contributed by atoms with E-state index in [1.54, 1.807) is 41.7 Å². The van der Waals surface area contributed by atoms with Crippen LogP contribution in [0.15, 0.2) is 41.9 Å². The van der Waals surface area contributed by atoms with Crippen molar-refractivity contribution in [3.05, 3.63) is 58.1 Å². The molecule has 0 saturated carbocycles. The molecule has 0 bridgehead atoms. The molecular formula is C16H14Cl2N6O. The van der Waals surface area contributed by atoms with E-state index < -0.39 is 0 Å². The number of hydrogen-bond acceptors (Lipinski definition) is 6. The average molecular weight is 377 g/mol. The lowest BCUT2D eigenvalue weighted by atomic mass is 10.1. The zero-order valence-corrected chi connectivity index (χ0v) is 14.6. The average Bonchev–Trinajstić information content (AvgIpc) is 3.07. The largest absolute Gasteiger partial charge is 0.329 e. The van der Waals surface area contributed by atoms with E-state index >= 15 is 0 Å². The minimum Gasteiger partial charge on any atom is -0.329 e. The molecule has 1 N–H and O–H groups in total. The van der Waals surface area contributed by atoms with Crippen molar-refractivity contribution in [2.75, 3.05) is 19.6 Å². The molecule has 1 fully saturated rings. The summed E-state index contributed by atoms with van der Waals surface area (Å²) in [7, 11) is 0. The summed E-state index contributed by atoms with van der Waals surface area (Å²) >= 11 is 11.9. The van der Waals surface area contributed by atoms with Gasteiger partial charge in [-0.1, -0.05) is 23.2 Å². The van der Waals surface area contributed by atoms with Crippen molar-refractivity contribution in [3.63, 3.8) is 0 Å². The highest BCUT2D eigenvalue weighted by atomic mass is 35.5. The highest BCUT2D eigenvalue weighted by molar-refractivity contribution is 6.42. The summed E-state index contributed by atoms with van der Waals surface area (Å²) in [6.45, 7) is 1.65. The van der Waals surface area contributed by atoms with E-state index in [0.717, 1.165) is 11.5 Å². The van der Waals surface area contributed by atoms with Crippen LogP contribution in [-0.4, -0.2) is 51.1 Å². The number of carbonyl (C=O) groups is 1. The SMILES string of the molecule is O=C(c1ccc(Cl)c(Cl)c1)N1CCN2C(=NNC2c2cnccn2)C1. The van der Waals surface area contributed by atoms with Gasteiger partial charge in [-0.2, -0.15) is 5.10 Å². The molecule has 0 radical (unpaired) electrons. The molecule has 9 heteroatoms. The minimum absolute atomic E-state index is 0.0936. The Bertz CT molecular complexity index is 844. The maximum Gasteiger partial charge on any atom is 0.254 e.